The number of carboxylic acid groups (broad SMARTS) is 1. The number of nitrogens with zero attached hydrogens (tertiary/aromatic N) is 1. The Balaban J connectivity index is 1.66. The number of nitrogens with one attached hydrogen (secondary N) is 1. The van der Waals surface area contributed by atoms with Gasteiger partial charge in [0.1, 0.15) is 23.1 Å². The first-order valence-corrected chi connectivity index (χ1v) is 8.46. The van der Waals surface area contributed by atoms with Crippen LogP contribution >= 0.6 is 0 Å². The molecule has 2 aromatic rings. The lowest BCUT2D eigenvalue weighted by Gasteiger charge is -2.19. The molecule has 26 heavy (non-hydrogen) atoms. The van der Waals surface area contributed by atoms with Crippen LogP contribution in [0.4, 0.5) is 5.82 Å². The van der Waals surface area contributed by atoms with E-state index in [2.05, 4.69) is 10.3 Å². The van der Waals surface area contributed by atoms with E-state index in [9.17, 15) is 14.7 Å². The van der Waals surface area contributed by atoms with Gasteiger partial charge in [0.2, 0.25) is 5.91 Å². The van der Waals surface area contributed by atoms with E-state index < -0.39 is 11.9 Å². The molecule has 1 aromatic carbocycles. The lowest BCUT2D eigenvalue weighted by molar-refractivity contribution is -0.138. The van der Waals surface area contributed by atoms with E-state index in [0.29, 0.717) is 47.7 Å². The number of carbonyl (C=O) groups is 2. The normalized spacial score (nSPS) is 20.9. The molecule has 2 aliphatic rings. The molecular formula is C19H18N2O5. The second-order valence-corrected chi connectivity index (χ2v) is 6.75. The summed E-state index contributed by atoms with van der Waals surface area (Å²) in [6.07, 6.45) is 2.99. The average Bonchev–Trinajstić information content (AvgIpc) is 3.38. The van der Waals surface area contributed by atoms with Crippen molar-refractivity contribution in [1.29, 1.82) is 0 Å². The van der Waals surface area contributed by atoms with Gasteiger partial charge in [0.05, 0.1) is 5.92 Å². The Bertz CT molecular complexity index is 924. The minimum absolute atomic E-state index is 0.0710. The van der Waals surface area contributed by atoms with E-state index >= 15 is 0 Å². The fraction of sp³-hybridized carbons (Fsp3) is 0.316. The van der Waals surface area contributed by atoms with Crippen molar-refractivity contribution >= 4 is 17.7 Å². The molecule has 3 N–H and O–H groups in total. The zero-order valence-electron chi connectivity index (χ0n) is 14.2. The van der Waals surface area contributed by atoms with Gasteiger partial charge in [0, 0.05) is 29.7 Å². The van der Waals surface area contributed by atoms with E-state index in [1.54, 1.807) is 31.3 Å². The Labute approximate surface area is 149 Å². The number of phenols is 1. The number of benzene rings is 1. The van der Waals surface area contributed by atoms with Crippen molar-refractivity contribution in [3.63, 3.8) is 0 Å². The van der Waals surface area contributed by atoms with Crippen LogP contribution in [0.15, 0.2) is 24.4 Å². The summed E-state index contributed by atoms with van der Waals surface area (Å²) in [6.45, 7) is 1.76. The van der Waals surface area contributed by atoms with Gasteiger partial charge in [0.25, 0.3) is 0 Å². The standard InChI is InChI=1S/C19H18N2O5/c1-9-6-10(7-13(17(9)23)12-8-14(12)19(24)25)26-15-4-5-20-18-11(15)2-3-16(22)21-18/h4-7,12,14,23H,2-3,8H2,1H3,(H,24,25)(H,20,21,22). The third-order valence-corrected chi connectivity index (χ3v) is 4.91. The topological polar surface area (TPSA) is 109 Å². The quantitative estimate of drug-likeness (QED) is 0.779. The number of aromatic nitrogens is 1. The van der Waals surface area contributed by atoms with Gasteiger partial charge in [0.15, 0.2) is 0 Å². The summed E-state index contributed by atoms with van der Waals surface area (Å²) in [7, 11) is 0. The molecule has 0 spiro atoms. The van der Waals surface area contributed by atoms with E-state index in [0.717, 1.165) is 5.56 Å². The number of hydrogen-bond acceptors (Lipinski definition) is 5. The predicted octanol–water partition coefficient (Wildman–Crippen LogP) is 2.96. The van der Waals surface area contributed by atoms with Crippen LogP contribution in [0.25, 0.3) is 0 Å². The first kappa shape index (κ1) is 16.4. The third-order valence-electron chi connectivity index (χ3n) is 4.91. The Hall–Kier alpha value is -3.09. The number of pyridine rings is 1. The Kier molecular flexibility index (Phi) is 3.79. The van der Waals surface area contributed by atoms with Gasteiger partial charge in [-0.1, -0.05) is 0 Å². The summed E-state index contributed by atoms with van der Waals surface area (Å²) >= 11 is 0. The van der Waals surface area contributed by atoms with Gasteiger partial charge in [-0.05, 0) is 43.5 Å². The number of rotatable bonds is 4. The molecule has 1 amide bonds. The fourth-order valence-electron chi connectivity index (χ4n) is 3.41. The Morgan fingerprint density at radius 1 is 1.35 bits per heavy atom. The molecule has 1 aromatic heterocycles. The smallest absolute Gasteiger partial charge is 0.307 e. The van der Waals surface area contributed by atoms with Crippen LogP contribution in [0.1, 0.15) is 35.4 Å². The maximum absolute atomic E-state index is 11.5. The van der Waals surface area contributed by atoms with Gasteiger partial charge >= 0.3 is 5.97 Å². The van der Waals surface area contributed by atoms with Gasteiger partial charge < -0.3 is 20.3 Å². The predicted molar refractivity (Wildman–Crippen MR) is 92.6 cm³/mol. The second kappa shape index (κ2) is 6.01. The number of carbonyl (C=O) groups excluding carboxylic acids is 1. The van der Waals surface area contributed by atoms with Crippen LogP contribution < -0.4 is 10.1 Å². The molecule has 2 atom stereocenters. The van der Waals surface area contributed by atoms with E-state index in [-0.39, 0.29) is 17.6 Å². The number of amides is 1. The number of anilines is 1. The number of hydrogen-bond donors (Lipinski definition) is 3. The number of aliphatic carboxylic acids is 1. The largest absolute Gasteiger partial charge is 0.507 e. The van der Waals surface area contributed by atoms with Crippen molar-refractivity contribution in [2.24, 2.45) is 5.92 Å². The van der Waals surface area contributed by atoms with Crippen molar-refractivity contribution in [3.8, 4) is 17.2 Å². The summed E-state index contributed by atoms with van der Waals surface area (Å²) in [5.74, 6) is 0.168. The highest BCUT2D eigenvalue weighted by molar-refractivity contribution is 5.93. The number of fused-ring (bicyclic) bond motifs is 1. The Morgan fingerprint density at radius 2 is 2.15 bits per heavy atom. The van der Waals surface area contributed by atoms with Crippen molar-refractivity contribution < 1.29 is 24.5 Å². The van der Waals surface area contributed by atoms with Gasteiger partial charge in [-0.3, -0.25) is 9.59 Å². The number of phenolic OH excluding ortho intramolecular Hbond substituents is 1. The molecule has 1 saturated carbocycles. The first-order valence-electron chi connectivity index (χ1n) is 8.46. The Morgan fingerprint density at radius 3 is 2.88 bits per heavy atom. The zero-order valence-corrected chi connectivity index (χ0v) is 14.2. The maximum atomic E-state index is 11.5. The zero-order chi connectivity index (χ0) is 18.4. The summed E-state index contributed by atoms with van der Waals surface area (Å²) < 4.78 is 6.01. The SMILES string of the molecule is Cc1cc(Oc2ccnc3c2CCC(=O)N3)cc(C2CC2C(=O)O)c1O. The molecule has 1 aliphatic carbocycles. The molecule has 0 bridgehead atoms. The molecule has 1 aliphatic heterocycles. The van der Waals surface area contributed by atoms with Crippen LogP contribution in [0.3, 0.4) is 0 Å². The van der Waals surface area contributed by atoms with E-state index in [1.165, 1.54) is 0 Å². The molecule has 2 heterocycles. The summed E-state index contributed by atoms with van der Waals surface area (Å²) in [4.78, 5) is 26.8. The van der Waals surface area contributed by atoms with Crippen LogP contribution in [-0.2, 0) is 16.0 Å². The van der Waals surface area contributed by atoms with Crippen LogP contribution in [0.2, 0.25) is 0 Å². The maximum Gasteiger partial charge on any atom is 0.307 e. The summed E-state index contributed by atoms with van der Waals surface area (Å²) in [5.41, 5.74) is 2.06. The highest BCUT2D eigenvalue weighted by Crippen LogP contribution is 2.52. The van der Waals surface area contributed by atoms with Crippen molar-refractivity contribution in [3.05, 3.63) is 41.1 Å². The van der Waals surface area contributed by atoms with Gasteiger partial charge in [-0.25, -0.2) is 4.98 Å². The highest BCUT2D eigenvalue weighted by Gasteiger charge is 2.45. The minimum atomic E-state index is -0.850. The number of aryl methyl sites for hydroxylation is 1. The fourth-order valence-corrected chi connectivity index (χ4v) is 3.41. The first-order chi connectivity index (χ1) is 12.4. The molecular weight excluding hydrogens is 336 g/mol. The molecule has 7 nitrogen and oxygen atoms in total. The second-order valence-electron chi connectivity index (χ2n) is 6.75. The van der Waals surface area contributed by atoms with Crippen LogP contribution in [-0.4, -0.2) is 27.1 Å². The van der Waals surface area contributed by atoms with Crippen molar-refractivity contribution in [2.75, 3.05) is 5.32 Å². The van der Waals surface area contributed by atoms with Crippen molar-refractivity contribution in [2.45, 2.75) is 32.1 Å². The molecule has 2 unspecified atom stereocenters. The lowest BCUT2D eigenvalue weighted by atomic mass is 10.0. The average molecular weight is 354 g/mol. The van der Waals surface area contributed by atoms with E-state index in [1.807, 2.05) is 0 Å². The van der Waals surface area contributed by atoms with Crippen LogP contribution in [0.5, 0.6) is 17.2 Å². The van der Waals surface area contributed by atoms with Crippen LogP contribution in [0, 0.1) is 12.8 Å². The molecule has 134 valence electrons. The lowest BCUT2D eigenvalue weighted by Crippen LogP contribution is -2.20. The number of ether oxygens (including phenoxy) is 1. The minimum Gasteiger partial charge on any atom is -0.507 e. The molecule has 7 heteroatoms. The molecule has 0 saturated heterocycles. The molecule has 0 radical (unpaired) electrons. The molecule has 4 rings (SSSR count). The monoisotopic (exact) mass is 354 g/mol. The highest BCUT2D eigenvalue weighted by atomic mass is 16.5. The molecule has 1 fully saturated rings. The summed E-state index contributed by atoms with van der Waals surface area (Å²) in [6, 6.07) is 5.14. The van der Waals surface area contributed by atoms with Gasteiger partial charge in [-0.2, -0.15) is 0 Å². The van der Waals surface area contributed by atoms with E-state index in [4.69, 9.17) is 9.84 Å². The third kappa shape index (κ3) is 2.85. The van der Waals surface area contributed by atoms with Crippen molar-refractivity contribution in [1.82, 2.24) is 4.98 Å². The number of aromatic hydroxyl groups is 1. The van der Waals surface area contributed by atoms with Gasteiger partial charge in [-0.15, -0.1) is 0 Å². The number of carboxylic acids is 1. The summed E-state index contributed by atoms with van der Waals surface area (Å²) in [5, 5.41) is 22.2.